The summed E-state index contributed by atoms with van der Waals surface area (Å²) in [4.78, 5) is 14.0. The van der Waals surface area contributed by atoms with Gasteiger partial charge in [0.1, 0.15) is 5.75 Å². The molecule has 0 radical (unpaired) electrons. The molecular formula is C14H19BrN2O2. The Kier molecular flexibility index (Phi) is 5.22. The van der Waals surface area contributed by atoms with Gasteiger partial charge in [0, 0.05) is 23.6 Å². The first-order valence-corrected chi connectivity index (χ1v) is 7.32. The second kappa shape index (κ2) is 6.91. The number of nitrogens with zero attached hydrogens (tertiary/aromatic N) is 1. The minimum Gasteiger partial charge on any atom is -0.484 e. The maximum atomic E-state index is 12.1. The summed E-state index contributed by atoms with van der Waals surface area (Å²) in [6.45, 7) is 1.71. The van der Waals surface area contributed by atoms with Crippen molar-refractivity contribution in [2.75, 3.05) is 26.7 Å². The third-order valence-electron chi connectivity index (χ3n) is 3.34. The second-order valence-electron chi connectivity index (χ2n) is 4.71. The lowest BCUT2D eigenvalue weighted by atomic mass is 10.1. The van der Waals surface area contributed by atoms with E-state index in [0.717, 1.165) is 30.4 Å². The van der Waals surface area contributed by atoms with E-state index < -0.39 is 0 Å². The largest absolute Gasteiger partial charge is 0.484 e. The van der Waals surface area contributed by atoms with Crippen molar-refractivity contribution in [3.05, 3.63) is 28.7 Å². The van der Waals surface area contributed by atoms with Crippen molar-refractivity contribution in [1.29, 1.82) is 0 Å². The summed E-state index contributed by atoms with van der Waals surface area (Å²) in [5, 5.41) is 3.23. The van der Waals surface area contributed by atoms with Crippen molar-refractivity contribution in [1.82, 2.24) is 10.2 Å². The number of likely N-dealkylation sites (tertiary alicyclic amines) is 1. The van der Waals surface area contributed by atoms with Crippen LogP contribution in [0.2, 0.25) is 0 Å². The van der Waals surface area contributed by atoms with E-state index in [1.807, 2.05) is 36.2 Å². The molecule has 0 saturated carbocycles. The van der Waals surface area contributed by atoms with Gasteiger partial charge in [-0.1, -0.05) is 22.0 Å². The predicted octanol–water partition coefficient (Wildman–Crippen LogP) is 2.04. The number of carbonyl (C=O) groups is 1. The van der Waals surface area contributed by atoms with E-state index >= 15 is 0 Å². The Balaban J connectivity index is 1.84. The summed E-state index contributed by atoms with van der Waals surface area (Å²) in [5.41, 5.74) is 0. The van der Waals surface area contributed by atoms with Gasteiger partial charge in [0.25, 0.3) is 5.91 Å². The number of hydrogen-bond donors (Lipinski definition) is 1. The van der Waals surface area contributed by atoms with Crippen molar-refractivity contribution in [2.45, 2.75) is 18.9 Å². The minimum absolute atomic E-state index is 0.0555. The van der Waals surface area contributed by atoms with Crippen molar-refractivity contribution in [2.24, 2.45) is 0 Å². The summed E-state index contributed by atoms with van der Waals surface area (Å²) >= 11 is 3.38. The summed E-state index contributed by atoms with van der Waals surface area (Å²) in [7, 11) is 1.94. The Labute approximate surface area is 122 Å². The molecular weight excluding hydrogens is 308 g/mol. The number of rotatable bonds is 4. The van der Waals surface area contributed by atoms with Crippen LogP contribution in [0.1, 0.15) is 12.8 Å². The first-order valence-electron chi connectivity index (χ1n) is 6.52. The number of ether oxygens (including phenoxy) is 1. The molecule has 1 N–H and O–H groups in total. The SMILES string of the molecule is CN[C@H]1CCCN(C(=O)COc2cccc(Br)c2)C1. The molecule has 1 amide bonds. The maximum Gasteiger partial charge on any atom is 0.260 e. The van der Waals surface area contributed by atoms with Crippen LogP contribution in [0.5, 0.6) is 5.75 Å². The molecule has 4 nitrogen and oxygen atoms in total. The van der Waals surface area contributed by atoms with Gasteiger partial charge in [-0.05, 0) is 38.1 Å². The van der Waals surface area contributed by atoms with Crippen molar-refractivity contribution >= 4 is 21.8 Å². The fraction of sp³-hybridized carbons (Fsp3) is 0.500. The monoisotopic (exact) mass is 326 g/mol. The van der Waals surface area contributed by atoms with Gasteiger partial charge in [-0.25, -0.2) is 0 Å². The highest BCUT2D eigenvalue weighted by molar-refractivity contribution is 9.10. The average molecular weight is 327 g/mol. The summed E-state index contributed by atoms with van der Waals surface area (Å²) in [6, 6.07) is 7.94. The topological polar surface area (TPSA) is 41.6 Å². The van der Waals surface area contributed by atoms with E-state index in [-0.39, 0.29) is 12.5 Å². The smallest absolute Gasteiger partial charge is 0.260 e. The highest BCUT2D eigenvalue weighted by Crippen LogP contribution is 2.18. The molecule has 0 aliphatic carbocycles. The maximum absolute atomic E-state index is 12.1. The molecule has 1 fully saturated rings. The fourth-order valence-electron chi connectivity index (χ4n) is 2.23. The molecule has 1 saturated heterocycles. The molecule has 1 heterocycles. The summed E-state index contributed by atoms with van der Waals surface area (Å²) < 4.78 is 6.48. The Bertz CT molecular complexity index is 439. The van der Waals surface area contributed by atoms with Gasteiger partial charge < -0.3 is 15.0 Å². The predicted molar refractivity (Wildman–Crippen MR) is 78.3 cm³/mol. The standard InChI is InChI=1S/C14H19BrN2O2/c1-16-12-5-3-7-17(9-12)14(18)10-19-13-6-2-4-11(15)8-13/h2,4,6,8,12,16H,3,5,7,9-10H2,1H3/t12-/m0/s1. The van der Waals surface area contributed by atoms with Crippen LogP contribution in [0.4, 0.5) is 0 Å². The van der Waals surface area contributed by atoms with Crippen LogP contribution < -0.4 is 10.1 Å². The van der Waals surface area contributed by atoms with Gasteiger partial charge in [-0.15, -0.1) is 0 Å². The molecule has 1 aromatic rings. The molecule has 2 rings (SSSR count). The zero-order chi connectivity index (χ0) is 13.7. The Hall–Kier alpha value is -1.07. The third kappa shape index (κ3) is 4.21. The number of carbonyl (C=O) groups excluding carboxylic acids is 1. The number of piperidine rings is 1. The van der Waals surface area contributed by atoms with Crippen LogP contribution >= 0.6 is 15.9 Å². The first kappa shape index (κ1) is 14.3. The number of likely N-dealkylation sites (N-methyl/N-ethyl adjacent to an activating group) is 1. The normalized spacial score (nSPS) is 19.3. The van der Waals surface area contributed by atoms with Crippen molar-refractivity contribution < 1.29 is 9.53 Å². The number of nitrogens with one attached hydrogen (secondary N) is 1. The van der Waals surface area contributed by atoms with Crippen LogP contribution in [-0.4, -0.2) is 43.6 Å². The Morgan fingerprint density at radius 2 is 2.42 bits per heavy atom. The molecule has 19 heavy (non-hydrogen) atoms. The zero-order valence-electron chi connectivity index (χ0n) is 11.1. The molecule has 1 atom stereocenters. The Morgan fingerprint density at radius 1 is 1.58 bits per heavy atom. The first-order chi connectivity index (χ1) is 9.19. The van der Waals surface area contributed by atoms with Crippen LogP contribution in [0.3, 0.4) is 0 Å². The summed E-state index contributed by atoms with van der Waals surface area (Å²) in [6.07, 6.45) is 2.18. The van der Waals surface area contributed by atoms with Gasteiger partial charge in [0.05, 0.1) is 0 Å². The van der Waals surface area contributed by atoms with Gasteiger partial charge in [0.2, 0.25) is 0 Å². The number of halogens is 1. The lowest BCUT2D eigenvalue weighted by Gasteiger charge is -2.32. The molecule has 104 valence electrons. The van der Waals surface area contributed by atoms with Crippen LogP contribution in [-0.2, 0) is 4.79 Å². The highest BCUT2D eigenvalue weighted by Gasteiger charge is 2.22. The quantitative estimate of drug-likeness (QED) is 0.920. The molecule has 0 bridgehead atoms. The highest BCUT2D eigenvalue weighted by atomic mass is 79.9. The van der Waals surface area contributed by atoms with Gasteiger partial charge in [-0.2, -0.15) is 0 Å². The number of hydrogen-bond acceptors (Lipinski definition) is 3. The lowest BCUT2D eigenvalue weighted by Crippen LogP contribution is -2.48. The minimum atomic E-state index is 0.0555. The average Bonchev–Trinajstić information content (AvgIpc) is 2.45. The molecule has 1 aromatic carbocycles. The Morgan fingerprint density at radius 3 is 3.16 bits per heavy atom. The molecule has 0 aromatic heterocycles. The molecule has 0 spiro atoms. The third-order valence-corrected chi connectivity index (χ3v) is 3.83. The lowest BCUT2D eigenvalue weighted by molar-refractivity contribution is -0.134. The van der Waals surface area contributed by atoms with Gasteiger partial charge >= 0.3 is 0 Å². The molecule has 0 unspecified atom stereocenters. The molecule has 5 heteroatoms. The van der Waals surface area contributed by atoms with Crippen LogP contribution in [0, 0.1) is 0 Å². The summed E-state index contributed by atoms with van der Waals surface area (Å²) in [5.74, 6) is 0.768. The van der Waals surface area contributed by atoms with E-state index in [1.165, 1.54) is 0 Å². The van der Waals surface area contributed by atoms with Gasteiger partial charge in [0.15, 0.2) is 6.61 Å². The fourth-order valence-corrected chi connectivity index (χ4v) is 2.61. The van der Waals surface area contributed by atoms with E-state index in [2.05, 4.69) is 21.2 Å². The second-order valence-corrected chi connectivity index (χ2v) is 5.63. The molecule has 1 aliphatic heterocycles. The van der Waals surface area contributed by atoms with E-state index in [9.17, 15) is 4.79 Å². The zero-order valence-corrected chi connectivity index (χ0v) is 12.6. The number of amides is 1. The van der Waals surface area contributed by atoms with Crippen LogP contribution in [0.15, 0.2) is 28.7 Å². The van der Waals surface area contributed by atoms with E-state index in [1.54, 1.807) is 0 Å². The number of benzene rings is 1. The molecule has 1 aliphatic rings. The van der Waals surface area contributed by atoms with Crippen molar-refractivity contribution in [3.8, 4) is 5.75 Å². The van der Waals surface area contributed by atoms with E-state index in [4.69, 9.17) is 4.74 Å². The van der Waals surface area contributed by atoms with Crippen molar-refractivity contribution in [3.63, 3.8) is 0 Å². The van der Waals surface area contributed by atoms with Crippen LogP contribution in [0.25, 0.3) is 0 Å². The van der Waals surface area contributed by atoms with Gasteiger partial charge in [-0.3, -0.25) is 4.79 Å². The van der Waals surface area contributed by atoms with E-state index in [0.29, 0.717) is 11.8 Å².